The number of carbonyl (C=O) groups excluding carboxylic acids is 1. The molecule has 132 valence electrons. The van der Waals surface area contributed by atoms with Crippen LogP contribution >= 0.6 is 0 Å². The normalized spacial score (nSPS) is 10.5. The predicted octanol–water partition coefficient (Wildman–Crippen LogP) is 2.39. The summed E-state index contributed by atoms with van der Waals surface area (Å²) in [7, 11) is 0. The van der Waals surface area contributed by atoms with E-state index in [1.807, 2.05) is 36.5 Å². The molecule has 7 nitrogen and oxygen atoms in total. The zero-order valence-corrected chi connectivity index (χ0v) is 14.4. The van der Waals surface area contributed by atoms with E-state index in [2.05, 4.69) is 15.3 Å². The van der Waals surface area contributed by atoms with Crippen LogP contribution in [0.15, 0.2) is 36.5 Å². The van der Waals surface area contributed by atoms with Crippen LogP contribution in [-0.2, 0) is 6.42 Å². The summed E-state index contributed by atoms with van der Waals surface area (Å²) in [4.78, 5) is 19.7. The topological polar surface area (TPSA) is 117 Å². The molecule has 0 fully saturated rings. The van der Waals surface area contributed by atoms with Crippen molar-refractivity contribution in [1.29, 1.82) is 5.26 Å². The minimum Gasteiger partial charge on any atom is -0.477 e. The van der Waals surface area contributed by atoms with Gasteiger partial charge in [0.05, 0.1) is 12.3 Å². The zero-order valence-electron chi connectivity index (χ0n) is 14.4. The first kappa shape index (κ1) is 17.3. The van der Waals surface area contributed by atoms with Gasteiger partial charge >= 0.3 is 0 Å². The average molecular weight is 349 g/mol. The van der Waals surface area contributed by atoms with Crippen molar-refractivity contribution in [2.45, 2.75) is 13.3 Å². The third kappa shape index (κ3) is 3.44. The van der Waals surface area contributed by atoms with E-state index in [1.54, 1.807) is 6.92 Å². The molecule has 7 heteroatoms. The van der Waals surface area contributed by atoms with Crippen molar-refractivity contribution >= 4 is 22.5 Å². The molecule has 0 spiro atoms. The molecule has 0 radical (unpaired) electrons. The second-order valence-corrected chi connectivity index (χ2v) is 5.69. The molecule has 0 aliphatic carbocycles. The molecule has 0 bridgehead atoms. The number of ether oxygens (including phenoxy) is 1. The molecule has 0 aliphatic heterocycles. The van der Waals surface area contributed by atoms with Crippen LogP contribution in [0.1, 0.15) is 28.5 Å². The maximum absolute atomic E-state index is 12.4. The molecule has 0 saturated carbocycles. The molecule has 4 N–H and O–H groups in total. The minimum absolute atomic E-state index is 0.0804. The van der Waals surface area contributed by atoms with Crippen LogP contribution in [0.5, 0.6) is 5.88 Å². The number of para-hydroxylation sites is 1. The third-order valence-corrected chi connectivity index (χ3v) is 4.00. The number of aromatic amines is 1. The molecule has 0 aliphatic rings. The van der Waals surface area contributed by atoms with Crippen LogP contribution in [0.4, 0.5) is 5.69 Å². The Morgan fingerprint density at radius 3 is 3.00 bits per heavy atom. The first-order valence-electron chi connectivity index (χ1n) is 8.30. The zero-order chi connectivity index (χ0) is 18.5. The van der Waals surface area contributed by atoms with Crippen LogP contribution < -0.4 is 15.8 Å². The third-order valence-electron chi connectivity index (χ3n) is 4.00. The standard InChI is InChI=1S/C19H19N5O2/c1-2-26-19-14(10-20)15(21)9-17(24-19)18(25)22-8-7-12-11-23-16-6-4-3-5-13(12)16/h3-6,9,11,23H,2,7-8H2,1H3,(H2,21,24)(H,22,25). The van der Waals surface area contributed by atoms with E-state index in [-0.39, 0.29) is 28.7 Å². The summed E-state index contributed by atoms with van der Waals surface area (Å²) in [5.41, 5.74) is 8.48. The highest BCUT2D eigenvalue weighted by Crippen LogP contribution is 2.23. The molecule has 2 aromatic heterocycles. The van der Waals surface area contributed by atoms with Crippen molar-refractivity contribution < 1.29 is 9.53 Å². The number of hydrogen-bond acceptors (Lipinski definition) is 5. The molecule has 1 aromatic carbocycles. The highest BCUT2D eigenvalue weighted by atomic mass is 16.5. The summed E-state index contributed by atoms with van der Waals surface area (Å²) >= 11 is 0. The number of nitriles is 1. The molecule has 2 heterocycles. The Hall–Kier alpha value is -3.53. The molecule has 0 saturated heterocycles. The van der Waals surface area contributed by atoms with Gasteiger partial charge in [0.25, 0.3) is 5.91 Å². The van der Waals surface area contributed by atoms with E-state index in [0.717, 1.165) is 16.5 Å². The first-order valence-corrected chi connectivity index (χ1v) is 8.30. The van der Waals surface area contributed by atoms with Gasteiger partial charge in [0.1, 0.15) is 17.3 Å². The lowest BCUT2D eigenvalue weighted by molar-refractivity contribution is 0.0948. The molecule has 0 unspecified atom stereocenters. The fraction of sp³-hybridized carbons (Fsp3) is 0.211. The molecule has 26 heavy (non-hydrogen) atoms. The highest BCUT2D eigenvalue weighted by molar-refractivity contribution is 5.93. The van der Waals surface area contributed by atoms with Crippen molar-refractivity contribution in [3.05, 3.63) is 53.3 Å². The summed E-state index contributed by atoms with van der Waals surface area (Å²) < 4.78 is 5.31. The van der Waals surface area contributed by atoms with Crippen LogP contribution in [0.2, 0.25) is 0 Å². The molecular weight excluding hydrogens is 330 g/mol. The number of hydrogen-bond donors (Lipinski definition) is 3. The maximum Gasteiger partial charge on any atom is 0.270 e. The quantitative estimate of drug-likeness (QED) is 0.632. The van der Waals surface area contributed by atoms with Crippen molar-refractivity contribution in [2.24, 2.45) is 0 Å². The Morgan fingerprint density at radius 1 is 1.42 bits per heavy atom. The number of aromatic nitrogens is 2. The van der Waals surface area contributed by atoms with E-state index in [0.29, 0.717) is 19.6 Å². The van der Waals surface area contributed by atoms with E-state index >= 15 is 0 Å². The fourth-order valence-electron chi connectivity index (χ4n) is 2.75. The van der Waals surface area contributed by atoms with Crippen molar-refractivity contribution in [1.82, 2.24) is 15.3 Å². The molecular formula is C19H19N5O2. The number of nitrogens with two attached hydrogens (primary N) is 1. The van der Waals surface area contributed by atoms with Gasteiger partial charge in [-0.25, -0.2) is 4.98 Å². The lowest BCUT2D eigenvalue weighted by atomic mass is 10.1. The maximum atomic E-state index is 12.4. The lowest BCUT2D eigenvalue weighted by Crippen LogP contribution is -2.27. The van der Waals surface area contributed by atoms with Crippen LogP contribution in [0.25, 0.3) is 10.9 Å². The van der Waals surface area contributed by atoms with E-state index in [1.165, 1.54) is 6.07 Å². The van der Waals surface area contributed by atoms with Gasteiger partial charge in [-0.2, -0.15) is 5.26 Å². The van der Waals surface area contributed by atoms with Gasteiger partial charge < -0.3 is 20.8 Å². The number of benzene rings is 1. The number of nitrogens with one attached hydrogen (secondary N) is 2. The second kappa shape index (κ2) is 7.57. The van der Waals surface area contributed by atoms with Gasteiger partial charge in [0.15, 0.2) is 0 Å². The Balaban J connectivity index is 1.69. The summed E-state index contributed by atoms with van der Waals surface area (Å²) in [6.45, 7) is 2.55. The van der Waals surface area contributed by atoms with Gasteiger partial charge in [0.2, 0.25) is 5.88 Å². The Labute approximate surface area is 150 Å². The summed E-state index contributed by atoms with van der Waals surface area (Å²) in [6, 6.07) is 11.3. The van der Waals surface area contributed by atoms with Gasteiger partial charge in [-0.05, 0) is 31.0 Å². The monoisotopic (exact) mass is 349 g/mol. The summed E-state index contributed by atoms with van der Waals surface area (Å²) in [5, 5.41) is 13.1. The molecule has 1 amide bonds. The Bertz CT molecular complexity index is 987. The highest BCUT2D eigenvalue weighted by Gasteiger charge is 2.16. The van der Waals surface area contributed by atoms with Crippen LogP contribution in [0, 0.1) is 11.3 Å². The summed E-state index contributed by atoms with van der Waals surface area (Å²) in [6.07, 6.45) is 2.63. The van der Waals surface area contributed by atoms with E-state index in [9.17, 15) is 4.79 Å². The summed E-state index contributed by atoms with van der Waals surface area (Å²) in [5.74, 6) is -0.279. The Morgan fingerprint density at radius 2 is 2.23 bits per heavy atom. The molecule has 3 rings (SSSR count). The average Bonchev–Trinajstić information content (AvgIpc) is 3.05. The number of rotatable bonds is 6. The predicted molar refractivity (Wildman–Crippen MR) is 98.9 cm³/mol. The van der Waals surface area contributed by atoms with Gasteiger partial charge in [-0.3, -0.25) is 4.79 Å². The number of fused-ring (bicyclic) bond motifs is 1. The number of nitrogen functional groups attached to an aromatic ring is 1. The minimum atomic E-state index is -0.359. The number of H-pyrrole nitrogens is 1. The van der Waals surface area contributed by atoms with Crippen molar-refractivity contribution in [2.75, 3.05) is 18.9 Å². The number of nitrogens with zero attached hydrogens (tertiary/aromatic N) is 2. The fourth-order valence-corrected chi connectivity index (χ4v) is 2.75. The number of carbonyl (C=O) groups is 1. The lowest BCUT2D eigenvalue weighted by Gasteiger charge is -2.10. The van der Waals surface area contributed by atoms with Crippen LogP contribution in [-0.4, -0.2) is 29.0 Å². The smallest absolute Gasteiger partial charge is 0.270 e. The first-order chi connectivity index (χ1) is 12.6. The second-order valence-electron chi connectivity index (χ2n) is 5.69. The van der Waals surface area contributed by atoms with Crippen molar-refractivity contribution in [3.63, 3.8) is 0 Å². The SMILES string of the molecule is CCOc1nc(C(=O)NCCc2c[nH]c3ccccc23)cc(N)c1C#N. The largest absolute Gasteiger partial charge is 0.477 e. The van der Waals surface area contributed by atoms with Crippen molar-refractivity contribution in [3.8, 4) is 11.9 Å². The number of anilines is 1. The molecule has 0 atom stereocenters. The van der Waals surface area contributed by atoms with E-state index in [4.69, 9.17) is 15.7 Å². The van der Waals surface area contributed by atoms with E-state index < -0.39 is 0 Å². The van der Waals surface area contributed by atoms with Gasteiger partial charge in [-0.1, -0.05) is 18.2 Å². The van der Waals surface area contributed by atoms with Crippen LogP contribution in [0.3, 0.4) is 0 Å². The van der Waals surface area contributed by atoms with Gasteiger partial charge in [0, 0.05) is 23.6 Å². The number of amides is 1. The Kier molecular flexibility index (Phi) is 5.04. The molecule has 3 aromatic rings. The number of pyridine rings is 1. The van der Waals surface area contributed by atoms with Gasteiger partial charge in [-0.15, -0.1) is 0 Å².